The first-order valence-electron chi connectivity index (χ1n) is 5.21. The number of fused-ring (bicyclic) bond motifs is 3. The Morgan fingerprint density at radius 2 is 1.74 bits per heavy atom. The summed E-state index contributed by atoms with van der Waals surface area (Å²) in [6.07, 6.45) is 0. The van der Waals surface area contributed by atoms with Gasteiger partial charge in [-0.05, 0) is 0 Å². The van der Waals surface area contributed by atoms with Gasteiger partial charge in [0.05, 0.1) is 36.7 Å². The van der Waals surface area contributed by atoms with E-state index in [0.717, 1.165) is 0 Å². The van der Waals surface area contributed by atoms with E-state index < -0.39 is 0 Å². The summed E-state index contributed by atoms with van der Waals surface area (Å²) in [5.41, 5.74) is 0. The predicted molar refractivity (Wildman–Crippen MR) is 79.7 cm³/mol. The second-order valence-corrected chi connectivity index (χ2v) is 6.36. The number of ether oxygens (including phenoxy) is 1. The van der Waals surface area contributed by atoms with Crippen LogP contribution < -0.4 is 10.1 Å². The van der Waals surface area contributed by atoms with Crippen LogP contribution in [0.3, 0.4) is 0 Å². The molecule has 0 spiro atoms. The van der Waals surface area contributed by atoms with Crippen LogP contribution in [0.15, 0.2) is 0 Å². The van der Waals surface area contributed by atoms with E-state index in [4.69, 9.17) is 51.1 Å². The van der Waals surface area contributed by atoms with Gasteiger partial charge in [-0.2, -0.15) is 0 Å². The molecule has 0 saturated heterocycles. The van der Waals surface area contributed by atoms with E-state index >= 15 is 0 Å². The molecule has 0 fully saturated rings. The van der Waals surface area contributed by atoms with Crippen LogP contribution in [0.5, 0.6) is 5.75 Å². The van der Waals surface area contributed by atoms with Crippen LogP contribution in [-0.4, -0.2) is 19.1 Å². The Hall–Kier alpha value is -0.390. The minimum atomic E-state index is -0.215. The lowest BCUT2D eigenvalue weighted by molar-refractivity contribution is 0.0961. The fourth-order valence-electron chi connectivity index (χ4n) is 1.86. The van der Waals surface area contributed by atoms with Crippen molar-refractivity contribution in [1.29, 1.82) is 0 Å². The monoisotopic (exact) mass is 355 g/mol. The molecule has 0 bridgehead atoms. The first kappa shape index (κ1) is 13.6. The molecule has 0 atom stereocenters. The quantitative estimate of drug-likeness (QED) is 0.551. The summed E-state index contributed by atoms with van der Waals surface area (Å²) >= 11 is 25.6. The van der Waals surface area contributed by atoms with Crippen LogP contribution in [0.4, 0.5) is 0 Å². The predicted octanol–water partition coefficient (Wildman–Crippen LogP) is 4.64. The van der Waals surface area contributed by atoms with Gasteiger partial charge in [0.1, 0.15) is 11.5 Å². The molecular formula is C11H5Cl4NO2S. The normalized spacial score (nSPS) is 14.8. The molecule has 2 heterocycles. The molecule has 0 unspecified atom stereocenters. The molecule has 0 aliphatic carbocycles. The first-order valence-corrected chi connectivity index (χ1v) is 7.54. The van der Waals surface area contributed by atoms with Crippen LogP contribution in [0.2, 0.25) is 20.1 Å². The maximum absolute atomic E-state index is 11.9. The maximum atomic E-state index is 11.9. The zero-order chi connectivity index (χ0) is 13.7. The average Bonchev–Trinajstić information content (AvgIpc) is 2.69. The number of hydrogen-bond donors (Lipinski definition) is 1. The smallest absolute Gasteiger partial charge is 0.265 e. The Morgan fingerprint density at radius 3 is 2.47 bits per heavy atom. The number of amides is 1. The number of hydrogen-bond acceptors (Lipinski definition) is 3. The van der Waals surface area contributed by atoms with Crippen LogP contribution in [0.1, 0.15) is 9.67 Å². The molecule has 1 N–H and O–H groups in total. The molecule has 8 heteroatoms. The number of carbonyl (C=O) groups excluding carboxylic acids is 1. The van der Waals surface area contributed by atoms with Crippen LogP contribution in [-0.2, 0) is 0 Å². The third kappa shape index (κ3) is 1.98. The summed E-state index contributed by atoms with van der Waals surface area (Å²) in [4.78, 5) is 12.4. The molecular weight excluding hydrogens is 352 g/mol. The topological polar surface area (TPSA) is 38.3 Å². The van der Waals surface area contributed by atoms with Crippen LogP contribution >= 0.6 is 57.7 Å². The summed E-state index contributed by atoms with van der Waals surface area (Å²) in [5, 5.41) is 4.13. The molecule has 0 radical (unpaired) electrons. The summed E-state index contributed by atoms with van der Waals surface area (Å²) in [6.45, 7) is 0.799. The SMILES string of the molecule is O=C1NCCOc2c1sc1c(Cl)c(Cl)c(Cl)c(Cl)c21. The lowest BCUT2D eigenvalue weighted by Crippen LogP contribution is -2.23. The molecule has 2 aromatic rings. The summed E-state index contributed by atoms with van der Waals surface area (Å²) in [5.74, 6) is 0.202. The van der Waals surface area contributed by atoms with Crippen molar-refractivity contribution in [3.05, 3.63) is 25.0 Å². The number of nitrogens with one attached hydrogen (secondary N) is 1. The molecule has 1 aliphatic rings. The number of benzene rings is 1. The summed E-state index contributed by atoms with van der Waals surface area (Å²) in [7, 11) is 0. The minimum absolute atomic E-state index is 0.162. The number of carbonyl (C=O) groups is 1. The Bertz CT molecular complexity index is 713. The maximum Gasteiger partial charge on any atom is 0.265 e. The van der Waals surface area contributed by atoms with E-state index in [1.165, 1.54) is 11.3 Å². The van der Waals surface area contributed by atoms with E-state index in [1.807, 2.05) is 0 Å². The minimum Gasteiger partial charge on any atom is -0.489 e. The zero-order valence-corrected chi connectivity index (χ0v) is 13.0. The second-order valence-electron chi connectivity index (χ2n) is 3.82. The van der Waals surface area contributed by atoms with Gasteiger partial charge in [0.25, 0.3) is 5.91 Å². The van der Waals surface area contributed by atoms with Gasteiger partial charge in [-0.1, -0.05) is 46.4 Å². The zero-order valence-electron chi connectivity index (χ0n) is 9.15. The third-order valence-corrected chi connectivity index (χ3v) is 5.80. The van der Waals surface area contributed by atoms with Gasteiger partial charge >= 0.3 is 0 Å². The molecule has 19 heavy (non-hydrogen) atoms. The Morgan fingerprint density at radius 1 is 1.05 bits per heavy atom. The first-order chi connectivity index (χ1) is 9.02. The van der Waals surface area contributed by atoms with Crippen molar-refractivity contribution < 1.29 is 9.53 Å². The van der Waals surface area contributed by atoms with Gasteiger partial charge in [0, 0.05) is 0 Å². The van der Waals surface area contributed by atoms with Gasteiger partial charge < -0.3 is 10.1 Å². The van der Waals surface area contributed by atoms with E-state index in [0.29, 0.717) is 33.9 Å². The number of halogens is 4. The lowest BCUT2D eigenvalue weighted by Gasteiger charge is -2.07. The van der Waals surface area contributed by atoms with Crippen LogP contribution in [0.25, 0.3) is 10.1 Å². The van der Waals surface area contributed by atoms with Crippen molar-refractivity contribution in [2.24, 2.45) is 0 Å². The molecule has 1 aliphatic heterocycles. The van der Waals surface area contributed by atoms with Crippen molar-refractivity contribution in [3.8, 4) is 5.75 Å². The highest BCUT2D eigenvalue weighted by molar-refractivity contribution is 7.22. The van der Waals surface area contributed by atoms with Crippen molar-refractivity contribution in [3.63, 3.8) is 0 Å². The molecule has 1 amide bonds. The summed E-state index contributed by atoms with van der Waals surface area (Å²) < 4.78 is 6.19. The highest BCUT2D eigenvalue weighted by Gasteiger charge is 2.28. The van der Waals surface area contributed by atoms with Crippen molar-refractivity contribution in [1.82, 2.24) is 5.32 Å². The molecule has 100 valence electrons. The fourth-order valence-corrected chi connectivity index (χ4v) is 4.13. The molecule has 1 aromatic heterocycles. The number of thiophene rings is 1. The van der Waals surface area contributed by atoms with Gasteiger partial charge in [-0.15, -0.1) is 11.3 Å². The molecule has 0 saturated carbocycles. The van der Waals surface area contributed by atoms with Crippen molar-refractivity contribution in [2.45, 2.75) is 0 Å². The fraction of sp³-hybridized carbons (Fsp3) is 0.182. The van der Waals surface area contributed by atoms with E-state index in [-0.39, 0.29) is 26.0 Å². The standard InChI is InChI=1S/C11H5Cl4NO2S/c12-4-3-8-10(11(17)16-1-2-18-8)19-9(3)7(15)6(14)5(4)13/h1-2H2,(H,16,17). The van der Waals surface area contributed by atoms with Gasteiger partial charge in [-0.25, -0.2) is 0 Å². The van der Waals surface area contributed by atoms with Crippen LogP contribution in [0, 0.1) is 0 Å². The highest BCUT2D eigenvalue weighted by atomic mass is 35.5. The van der Waals surface area contributed by atoms with Gasteiger partial charge in [0.15, 0.2) is 5.75 Å². The molecule has 3 rings (SSSR count). The van der Waals surface area contributed by atoms with E-state index in [1.54, 1.807) is 0 Å². The highest BCUT2D eigenvalue weighted by Crippen LogP contribution is 2.51. The van der Waals surface area contributed by atoms with Crippen molar-refractivity contribution in [2.75, 3.05) is 13.2 Å². The Kier molecular flexibility index (Phi) is 3.48. The largest absolute Gasteiger partial charge is 0.489 e. The Labute approximate surface area is 132 Å². The number of rotatable bonds is 0. The lowest BCUT2D eigenvalue weighted by atomic mass is 10.2. The van der Waals surface area contributed by atoms with Crippen molar-refractivity contribution >= 4 is 73.7 Å². The van der Waals surface area contributed by atoms with Gasteiger partial charge in [-0.3, -0.25) is 4.79 Å². The summed E-state index contributed by atoms with van der Waals surface area (Å²) in [6, 6.07) is 0. The Balaban J connectivity index is 2.45. The van der Waals surface area contributed by atoms with E-state index in [9.17, 15) is 4.79 Å². The van der Waals surface area contributed by atoms with E-state index in [2.05, 4.69) is 5.32 Å². The van der Waals surface area contributed by atoms with Gasteiger partial charge in [0.2, 0.25) is 0 Å². The third-order valence-electron chi connectivity index (χ3n) is 2.70. The second kappa shape index (κ2) is 4.86. The molecule has 1 aromatic carbocycles. The average molecular weight is 357 g/mol. The molecule has 3 nitrogen and oxygen atoms in total.